The van der Waals surface area contributed by atoms with E-state index in [1.165, 1.54) is 0 Å². The lowest BCUT2D eigenvalue weighted by Crippen LogP contribution is -2.15. The lowest BCUT2D eigenvalue weighted by atomic mass is 10.0. The van der Waals surface area contributed by atoms with Gasteiger partial charge < -0.3 is 9.84 Å². The molecule has 1 aromatic carbocycles. The summed E-state index contributed by atoms with van der Waals surface area (Å²) in [5.41, 5.74) is 0.0589. The Hall–Kier alpha value is -2.10. The highest BCUT2D eigenvalue weighted by Gasteiger charge is 2.26. The van der Waals surface area contributed by atoms with Crippen LogP contribution in [0.4, 0.5) is 0 Å². The Morgan fingerprint density at radius 1 is 1.27 bits per heavy atom. The first-order valence-electron chi connectivity index (χ1n) is 4.38. The zero-order chi connectivity index (χ0) is 10.8. The Morgan fingerprint density at radius 3 is 2.73 bits per heavy atom. The van der Waals surface area contributed by atoms with E-state index in [1.54, 1.807) is 24.3 Å². The predicted molar refractivity (Wildman–Crippen MR) is 52.0 cm³/mol. The molecular weight excluding hydrogens is 196 g/mol. The van der Waals surface area contributed by atoms with Crippen LogP contribution in [-0.4, -0.2) is 23.3 Å². The number of rotatable bonds is 0. The molecule has 0 radical (unpaired) electrons. The number of aliphatic hydroxyl groups excluding tert-OH is 1. The van der Waals surface area contributed by atoms with Crippen molar-refractivity contribution >= 4 is 11.6 Å². The second-order valence-corrected chi connectivity index (χ2v) is 3.08. The zero-order valence-corrected chi connectivity index (χ0v) is 7.77. The molecule has 0 fully saturated rings. The van der Waals surface area contributed by atoms with E-state index in [1.807, 2.05) is 0 Å². The molecule has 0 spiro atoms. The molecule has 4 heteroatoms. The maximum absolute atomic E-state index is 11.7. The lowest BCUT2D eigenvalue weighted by molar-refractivity contribution is -0.117. The number of ketones is 2. The number of carbonyl (C=O) groups is 2. The van der Waals surface area contributed by atoms with Crippen molar-refractivity contribution in [3.05, 3.63) is 41.7 Å². The van der Waals surface area contributed by atoms with Gasteiger partial charge >= 0.3 is 0 Å². The number of hydrogen-bond donors (Lipinski definition) is 1. The Labute approximate surface area is 85.8 Å². The maximum Gasteiger partial charge on any atom is 0.207 e. The first kappa shape index (κ1) is 9.45. The summed E-state index contributed by atoms with van der Waals surface area (Å²) in [5.74, 6) is -0.651. The summed E-state index contributed by atoms with van der Waals surface area (Å²) in [5, 5.41) is 8.82. The van der Waals surface area contributed by atoms with Gasteiger partial charge in [0.25, 0.3) is 0 Å². The van der Waals surface area contributed by atoms with Gasteiger partial charge in [0.15, 0.2) is 6.61 Å². The van der Waals surface area contributed by atoms with E-state index in [-0.39, 0.29) is 12.2 Å². The van der Waals surface area contributed by atoms with Crippen molar-refractivity contribution in [2.24, 2.45) is 0 Å². The molecule has 0 saturated carbocycles. The molecule has 1 aliphatic heterocycles. The van der Waals surface area contributed by atoms with E-state index in [0.29, 0.717) is 17.6 Å². The number of benzene rings is 1. The standard InChI is InChI=1S/C11H8O4/c12-5-8-9(13)6-15-10-4-2-1-3-7(10)11(8)14/h1-5,12H,6H2/b8-5+. The summed E-state index contributed by atoms with van der Waals surface area (Å²) in [4.78, 5) is 23.1. The van der Waals surface area contributed by atoms with Crippen molar-refractivity contribution in [2.75, 3.05) is 6.61 Å². The van der Waals surface area contributed by atoms with E-state index in [2.05, 4.69) is 0 Å². The summed E-state index contributed by atoms with van der Waals surface area (Å²) >= 11 is 0. The molecule has 15 heavy (non-hydrogen) atoms. The SMILES string of the molecule is O=C1COc2ccccc2C(=O)/C1=C/O. The van der Waals surface area contributed by atoms with Gasteiger partial charge in [-0.05, 0) is 12.1 Å². The summed E-state index contributed by atoms with van der Waals surface area (Å²) in [6.07, 6.45) is 0.538. The Balaban J connectivity index is 2.57. The number of hydrogen-bond acceptors (Lipinski definition) is 4. The summed E-state index contributed by atoms with van der Waals surface area (Å²) in [7, 11) is 0. The molecular formula is C11H8O4. The van der Waals surface area contributed by atoms with Gasteiger partial charge in [0.2, 0.25) is 11.6 Å². The van der Waals surface area contributed by atoms with Gasteiger partial charge in [-0.2, -0.15) is 0 Å². The van der Waals surface area contributed by atoms with Crippen LogP contribution in [0, 0.1) is 0 Å². The van der Waals surface area contributed by atoms with Gasteiger partial charge in [-0.1, -0.05) is 12.1 Å². The Bertz CT molecular complexity index is 459. The number of fused-ring (bicyclic) bond motifs is 1. The minimum absolute atomic E-state index is 0.227. The van der Waals surface area contributed by atoms with Crippen LogP contribution in [0.5, 0.6) is 5.75 Å². The molecule has 0 unspecified atom stereocenters. The fourth-order valence-electron chi connectivity index (χ4n) is 1.40. The van der Waals surface area contributed by atoms with Crippen LogP contribution >= 0.6 is 0 Å². The molecule has 1 N–H and O–H groups in total. The van der Waals surface area contributed by atoms with Gasteiger partial charge in [-0.3, -0.25) is 9.59 Å². The second-order valence-electron chi connectivity index (χ2n) is 3.08. The summed E-state index contributed by atoms with van der Waals surface area (Å²) in [6, 6.07) is 6.55. The third-order valence-corrected chi connectivity index (χ3v) is 2.16. The Morgan fingerprint density at radius 2 is 2.00 bits per heavy atom. The fraction of sp³-hybridized carbons (Fsp3) is 0.0909. The van der Waals surface area contributed by atoms with Crippen LogP contribution < -0.4 is 4.74 Å². The van der Waals surface area contributed by atoms with Gasteiger partial charge in [-0.25, -0.2) is 0 Å². The number of ether oxygens (including phenoxy) is 1. The first-order valence-corrected chi connectivity index (χ1v) is 4.38. The van der Waals surface area contributed by atoms with Crippen molar-refractivity contribution in [3.8, 4) is 5.75 Å². The number of carbonyl (C=O) groups excluding carboxylic acids is 2. The van der Waals surface area contributed by atoms with E-state index in [0.717, 1.165) is 0 Å². The molecule has 0 saturated heterocycles. The van der Waals surface area contributed by atoms with Crippen molar-refractivity contribution in [1.29, 1.82) is 0 Å². The highest BCUT2D eigenvalue weighted by molar-refractivity contribution is 6.27. The van der Waals surface area contributed by atoms with Crippen molar-refractivity contribution in [3.63, 3.8) is 0 Å². The van der Waals surface area contributed by atoms with Crippen LogP contribution in [0.3, 0.4) is 0 Å². The van der Waals surface area contributed by atoms with Crippen LogP contribution in [0.15, 0.2) is 36.1 Å². The van der Waals surface area contributed by atoms with Crippen LogP contribution in [0.2, 0.25) is 0 Å². The molecule has 1 aliphatic rings. The monoisotopic (exact) mass is 204 g/mol. The normalized spacial score (nSPS) is 18.3. The minimum atomic E-state index is -0.515. The summed E-state index contributed by atoms with van der Waals surface area (Å²) in [6.45, 7) is -0.227. The average molecular weight is 204 g/mol. The van der Waals surface area contributed by atoms with Crippen LogP contribution in [0.1, 0.15) is 10.4 Å². The zero-order valence-electron chi connectivity index (χ0n) is 7.77. The quantitative estimate of drug-likeness (QED) is 0.392. The predicted octanol–water partition coefficient (Wildman–Crippen LogP) is 1.27. The topological polar surface area (TPSA) is 63.6 Å². The van der Waals surface area contributed by atoms with Crippen molar-refractivity contribution in [2.45, 2.75) is 0 Å². The maximum atomic E-state index is 11.7. The van der Waals surface area contributed by atoms with E-state index >= 15 is 0 Å². The molecule has 76 valence electrons. The van der Waals surface area contributed by atoms with Gasteiger partial charge in [0.05, 0.1) is 11.8 Å². The van der Waals surface area contributed by atoms with Crippen molar-refractivity contribution < 1.29 is 19.4 Å². The fourth-order valence-corrected chi connectivity index (χ4v) is 1.40. The van der Waals surface area contributed by atoms with E-state index in [4.69, 9.17) is 9.84 Å². The van der Waals surface area contributed by atoms with Gasteiger partial charge in [0, 0.05) is 0 Å². The Kier molecular flexibility index (Phi) is 2.25. The number of Topliss-reactive ketones (excluding diaryl/α,β-unsaturated/α-hetero) is 2. The molecule has 0 aromatic heterocycles. The highest BCUT2D eigenvalue weighted by atomic mass is 16.5. The van der Waals surface area contributed by atoms with E-state index in [9.17, 15) is 9.59 Å². The largest absolute Gasteiger partial charge is 0.515 e. The lowest BCUT2D eigenvalue weighted by Gasteiger charge is -2.02. The summed E-state index contributed by atoms with van der Waals surface area (Å²) < 4.78 is 5.14. The second kappa shape index (κ2) is 3.57. The number of para-hydroxylation sites is 1. The van der Waals surface area contributed by atoms with E-state index < -0.39 is 11.6 Å². The molecule has 1 heterocycles. The molecule has 0 aliphatic carbocycles. The average Bonchev–Trinajstić information content (AvgIpc) is 2.38. The molecule has 2 rings (SSSR count). The van der Waals surface area contributed by atoms with Crippen LogP contribution in [-0.2, 0) is 4.79 Å². The third-order valence-electron chi connectivity index (χ3n) is 2.16. The molecule has 0 bridgehead atoms. The molecule has 0 atom stereocenters. The molecule has 4 nitrogen and oxygen atoms in total. The molecule has 1 aromatic rings. The van der Waals surface area contributed by atoms with Crippen molar-refractivity contribution in [1.82, 2.24) is 0 Å². The molecule has 0 amide bonds. The number of aliphatic hydroxyl groups is 1. The van der Waals surface area contributed by atoms with Gasteiger partial charge in [0.1, 0.15) is 11.3 Å². The smallest absolute Gasteiger partial charge is 0.207 e. The first-order chi connectivity index (χ1) is 7.24. The van der Waals surface area contributed by atoms with Crippen LogP contribution in [0.25, 0.3) is 0 Å². The van der Waals surface area contributed by atoms with Gasteiger partial charge in [-0.15, -0.1) is 0 Å². The third kappa shape index (κ3) is 1.50. The highest BCUT2D eigenvalue weighted by Crippen LogP contribution is 2.24. The minimum Gasteiger partial charge on any atom is -0.515 e.